The number of hydrogen-bond acceptors (Lipinski definition) is 1. The van der Waals surface area contributed by atoms with Gasteiger partial charge in [-0.2, -0.15) is 0 Å². The van der Waals surface area contributed by atoms with E-state index < -0.39 is 0 Å². The number of nitrogens with zero attached hydrogens (tertiary/aromatic N) is 2. The third-order valence-corrected chi connectivity index (χ3v) is 1.67. The Morgan fingerprint density at radius 3 is 2.23 bits per heavy atom. The predicted octanol–water partition coefficient (Wildman–Crippen LogP) is 0.813. The topological polar surface area (TPSA) is 42.3 Å². The van der Waals surface area contributed by atoms with E-state index in [1.807, 2.05) is 25.4 Å². The van der Waals surface area contributed by atoms with Crippen molar-refractivity contribution in [3.63, 3.8) is 0 Å². The van der Waals surface area contributed by atoms with Gasteiger partial charge in [0, 0.05) is 26.1 Å². The smallest absolute Gasteiger partial charge is 0.177 e. The summed E-state index contributed by atoms with van der Waals surface area (Å²) in [5.74, 6) is 0.630. The number of aryl methyl sites for hydroxylation is 2. The fourth-order valence-electron chi connectivity index (χ4n) is 0.609. The van der Waals surface area contributed by atoms with Gasteiger partial charge in [-0.05, 0) is 6.92 Å². The molecule has 1 rings (SSSR count). The van der Waals surface area contributed by atoms with E-state index in [9.17, 15) is 0 Å². The lowest BCUT2D eigenvalue weighted by molar-refractivity contribution is -0.677. The van der Waals surface area contributed by atoms with Gasteiger partial charge in [-0.1, -0.05) is 6.07 Å². The summed E-state index contributed by atoms with van der Waals surface area (Å²) in [6, 6.07) is 6.14. The molecule has 0 spiro atoms. The van der Waals surface area contributed by atoms with Crippen molar-refractivity contribution in [1.29, 1.82) is 0 Å². The fourth-order valence-corrected chi connectivity index (χ4v) is 0.609. The molecule has 0 aliphatic carbocycles. The van der Waals surface area contributed by atoms with Crippen LogP contribution in [0.1, 0.15) is 12.6 Å². The molecule has 0 unspecified atom stereocenters. The Kier molecular flexibility index (Phi) is 5.52. The molecule has 13 heavy (non-hydrogen) atoms. The van der Waals surface area contributed by atoms with Crippen LogP contribution in [0.4, 0.5) is 0 Å². The van der Waals surface area contributed by atoms with Crippen molar-refractivity contribution < 1.29 is 4.57 Å². The third kappa shape index (κ3) is 5.84. The van der Waals surface area contributed by atoms with E-state index in [-0.39, 0.29) is 0 Å². The Morgan fingerprint density at radius 2 is 2.00 bits per heavy atom. The van der Waals surface area contributed by atoms with Gasteiger partial charge in [0.25, 0.3) is 0 Å². The van der Waals surface area contributed by atoms with Crippen LogP contribution in [-0.4, -0.2) is 12.9 Å². The van der Waals surface area contributed by atoms with Crippen molar-refractivity contribution in [3.8, 4) is 0 Å². The molecule has 72 valence electrons. The highest BCUT2D eigenvalue weighted by Crippen LogP contribution is 1.83. The lowest BCUT2D eigenvalue weighted by atomic mass is 10.4. The summed E-state index contributed by atoms with van der Waals surface area (Å²) in [6.45, 7) is 3.83. The van der Waals surface area contributed by atoms with Gasteiger partial charge in [-0.25, -0.2) is 4.57 Å². The molecule has 0 saturated carbocycles. The first-order chi connectivity index (χ1) is 6.07. The molecule has 1 heterocycles. The van der Waals surface area contributed by atoms with Crippen LogP contribution in [0, 0.1) is 6.92 Å². The van der Waals surface area contributed by atoms with Crippen LogP contribution in [0.15, 0.2) is 29.4 Å². The van der Waals surface area contributed by atoms with Gasteiger partial charge >= 0.3 is 0 Å². The van der Waals surface area contributed by atoms with Crippen LogP contribution in [0.25, 0.3) is 0 Å². The van der Waals surface area contributed by atoms with Crippen LogP contribution in [0.2, 0.25) is 0 Å². The molecule has 3 nitrogen and oxygen atoms in total. The minimum atomic E-state index is 0.630. The summed E-state index contributed by atoms with van der Waals surface area (Å²) in [6.07, 6.45) is 2.04. The number of rotatable bonds is 0. The molecule has 0 bridgehead atoms. The first-order valence-electron chi connectivity index (χ1n) is 4.18. The van der Waals surface area contributed by atoms with Crippen LogP contribution in [0.3, 0.4) is 0 Å². The van der Waals surface area contributed by atoms with Crippen LogP contribution < -0.4 is 10.3 Å². The number of hydrogen-bond donors (Lipinski definition) is 1. The molecule has 0 fully saturated rings. The van der Waals surface area contributed by atoms with Gasteiger partial charge in [0.1, 0.15) is 7.05 Å². The van der Waals surface area contributed by atoms with Crippen LogP contribution in [0.5, 0.6) is 0 Å². The Bertz CT molecular complexity index is 254. The lowest BCUT2D eigenvalue weighted by Crippen LogP contribution is -2.30. The van der Waals surface area contributed by atoms with Crippen molar-refractivity contribution in [2.45, 2.75) is 13.8 Å². The normalized spacial score (nSPS) is 10.3. The minimum absolute atomic E-state index is 0.630. The van der Waals surface area contributed by atoms with E-state index in [0.29, 0.717) is 5.84 Å². The first-order valence-corrected chi connectivity index (χ1v) is 4.18. The minimum Gasteiger partial charge on any atom is -0.388 e. The summed E-state index contributed by atoms with van der Waals surface area (Å²) in [4.78, 5) is 3.58. The van der Waals surface area contributed by atoms with Crippen molar-refractivity contribution in [2.24, 2.45) is 17.8 Å². The maximum Gasteiger partial charge on any atom is 0.177 e. The van der Waals surface area contributed by atoms with Crippen LogP contribution >= 0.6 is 0 Å². The highest BCUT2D eigenvalue weighted by atomic mass is 14.9. The van der Waals surface area contributed by atoms with Gasteiger partial charge in [-0.3, -0.25) is 4.99 Å². The van der Waals surface area contributed by atoms with E-state index >= 15 is 0 Å². The monoisotopic (exact) mass is 180 g/mol. The van der Waals surface area contributed by atoms with E-state index in [1.54, 1.807) is 14.0 Å². The van der Waals surface area contributed by atoms with E-state index in [2.05, 4.69) is 22.5 Å². The Hall–Kier alpha value is -1.38. The summed E-state index contributed by atoms with van der Waals surface area (Å²) in [7, 11) is 3.70. The summed E-state index contributed by atoms with van der Waals surface area (Å²) in [5, 5.41) is 0. The molecule has 0 radical (unpaired) electrons. The van der Waals surface area contributed by atoms with Gasteiger partial charge < -0.3 is 5.73 Å². The lowest BCUT2D eigenvalue weighted by Gasteiger charge is -1.87. The van der Waals surface area contributed by atoms with E-state index in [4.69, 9.17) is 5.73 Å². The first kappa shape index (κ1) is 11.6. The second-order valence-corrected chi connectivity index (χ2v) is 2.82. The highest BCUT2D eigenvalue weighted by Gasteiger charge is 1.91. The molecular weight excluding hydrogens is 162 g/mol. The standard InChI is InChI=1S/C7H10N.C3H8N2/c1-7-5-3-4-6-8(7)2;1-3(4)5-2/h3-6H,1-2H3;1-2H3,(H2,4,5)/q+1;. The van der Waals surface area contributed by atoms with Crippen molar-refractivity contribution in [1.82, 2.24) is 0 Å². The zero-order valence-corrected chi connectivity index (χ0v) is 8.78. The summed E-state index contributed by atoms with van der Waals surface area (Å²) in [5.41, 5.74) is 6.33. The van der Waals surface area contributed by atoms with Crippen LogP contribution in [-0.2, 0) is 7.05 Å². The highest BCUT2D eigenvalue weighted by molar-refractivity contribution is 5.77. The Morgan fingerprint density at radius 1 is 1.46 bits per heavy atom. The molecule has 0 atom stereocenters. The molecule has 0 aliphatic rings. The molecule has 0 aromatic carbocycles. The van der Waals surface area contributed by atoms with Gasteiger partial charge in [0.05, 0.1) is 5.84 Å². The molecule has 3 heteroatoms. The zero-order chi connectivity index (χ0) is 10.3. The largest absolute Gasteiger partial charge is 0.388 e. The fraction of sp³-hybridized carbons (Fsp3) is 0.400. The van der Waals surface area contributed by atoms with Gasteiger partial charge in [0.15, 0.2) is 11.9 Å². The van der Waals surface area contributed by atoms with Gasteiger partial charge in [-0.15, -0.1) is 0 Å². The quantitative estimate of drug-likeness (QED) is 0.358. The number of aromatic nitrogens is 1. The van der Waals surface area contributed by atoms with Crippen molar-refractivity contribution in [3.05, 3.63) is 30.1 Å². The number of amidine groups is 1. The SMILES string of the molecule is CN=C(C)N.Cc1cccc[n+]1C. The Labute approximate surface area is 79.9 Å². The Balaban J connectivity index is 0.000000252. The maximum atomic E-state index is 5.04. The molecular formula is C10H18N3+. The van der Waals surface area contributed by atoms with E-state index in [1.165, 1.54) is 5.69 Å². The summed E-state index contributed by atoms with van der Waals surface area (Å²) >= 11 is 0. The predicted molar refractivity (Wildman–Crippen MR) is 55.6 cm³/mol. The number of aliphatic imine (C=N–C) groups is 1. The molecule has 2 N–H and O–H groups in total. The van der Waals surface area contributed by atoms with Crippen molar-refractivity contribution in [2.75, 3.05) is 7.05 Å². The molecule has 0 saturated heterocycles. The van der Waals surface area contributed by atoms with Crippen molar-refractivity contribution >= 4 is 5.84 Å². The number of pyridine rings is 1. The maximum absolute atomic E-state index is 5.04. The van der Waals surface area contributed by atoms with Gasteiger partial charge in [0.2, 0.25) is 0 Å². The second kappa shape index (κ2) is 6.17. The molecule has 0 aliphatic heterocycles. The molecule has 1 aromatic heterocycles. The van der Waals surface area contributed by atoms with E-state index in [0.717, 1.165) is 0 Å². The molecule has 1 aromatic rings. The number of nitrogens with two attached hydrogens (primary N) is 1. The second-order valence-electron chi connectivity index (χ2n) is 2.82. The summed E-state index contributed by atoms with van der Waals surface area (Å²) < 4.78 is 2.08. The molecule has 0 amide bonds. The average molecular weight is 180 g/mol. The zero-order valence-electron chi connectivity index (χ0n) is 8.78. The average Bonchev–Trinajstić information content (AvgIpc) is 2.11. The third-order valence-electron chi connectivity index (χ3n) is 1.67.